The van der Waals surface area contributed by atoms with Crippen molar-refractivity contribution in [1.29, 1.82) is 0 Å². The van der Waals surface area contributed by atoms with E-state index < -0.39 is 0 Å². The van der Waals surface area contributed by atoms with Gasteiger partial charge in [-0.25, -0.2) is 4.99 Å². The van der Waals surface area contributed by atoms with Crippen molar-refractivity contribution in [3.63, 3.8) is 0 Å². The van der Waals surface area contributed by atoms with Gasteiger partial charge in [0.15, 0.2) is 5.17 Å². The molecule has 1 heterocycles. The fourth-order valence-corrected chi connectivity index (χ4v) is 3.87. The molecular formula is C24H28N2O3S. The van der Waals surface area contributed by atoms with Crippen molar-refractivity contribution in [1.82, 2.24) is 4.90 Å². The SMILES string of the molecule is COCCCN1C(=O)/C(=C/c2ccc(OCC(C)C)cc2)SC1=Nc1ccccc1. The molecule has 0 N–H and O–H groups in total. The lowest BCUT2D eigenvalue weighted by atomic mass is 10.2. The highest BCUT2D eigenvalue weighted by molar-refractivity contribution is 8.18. The van der Waals surface area contributed by atoms with Gasteiger partial charge in [-0.1, -0.05) is 44.2 Å². The number of nitrogens with zero attached hydrogens (tertiary/aromatic N) is 2. The van der Waals surface area contributed by atoms with Gasteiger partial charge in [-0.05, 0) is 60.0 Å². The summed E-state index contributed by atoms with van der Waals surface area (Å²) in [7, 11) is 1.67. The van der Waals surface area contributed by atoms with E-state index in [1.807, 2.05) is 60.7 Å². The van der Waals surface area contributed by atoms with Crippen molar-refractivity contribution in [2.24, 2.45) is 10.9 Å². The maximum Gasteiger partial charge on any atom is 0.266 e. The Bertz CT molecular complexity index is 892. The number of amides is 1. The van der Waals surface area contributed by atoms with Crippen molar-refractivity contribution in [2.75, 3.05) is 26.9 Å². The highest BCUT2D eigenvalue weighted by Crippen LogP contribution is 2.34. The summed E-state index contributed by atoms with van der Waals surface area (Å²) in [5, 5.41) is 0.699. The van der Waals surface area contributed by atoms with Gasteiger partial charge in [-0.2, -0.15) is 0 Å². The van der Waals surface area contributed by atoms with Crippen LogP contribution in [0.1, 0.15) is 25.8 Å². The van der Waals surface area contributed by atoms with Crippen LogP contribution in [0.4, 0.5) is 5.69 Å². The maximum absolute atomic E-state index is 13.0. The zero-order valence-corrected chi connectivity index (χ0v) is 18.5. The third kappa shape index (κ3) is 6.21. The quantitative estimate of drug-likeness (QED) is 0.402. The van der Waals surface area contributed by atoms with Crippen LogP contribution in [0.15, 0.2) is 64.5 Å². The van der Waals surface area contributed by atoms with Crippen LogP contribution in [0.2, 0.25) is 0 Å². The fraction of sp³-hybridized carbons (Fsp3) is 0.333. The number of benzene rings is 2. The second-order valence-corrected chi connectivity index (χ2v) is 8.43. The molecule has 0 atom stereocenters. The standard InChI is InChI=1S/C24H28N2O3S/c1-18(2)17-29-21-12-10-19(11-13-21)16-22-23(27)26(14-7-15-28-3)24(30-22)25-20-8-5-4-6-9-20/h4-6,8-13,16,18H,7,14-15,17H2,1-3H3/b22-16-,25-24?. The van der Waals surface area contributed by atoms with Gasteiger partial charge >= 0.3 is 0 Å². The van der Waals surface area contributed by atoms with Crippen LogP contribution >= 0.6 is 11.8 Å². The Hall–Kier alpha value is -2.57. The summed E-state index contributed by atoms with van der Waals surface area (Å²) in [6, 6.07) is 17.5. The molecule has 1 fully saturated rings. The minimum Gasteiger partial charge on any atom is -0.493 e. The molecule has 2 aromatic carbocycles. The second-order valence-electron chi connectivity index (χ2n) is 7.42. The summed E-state index contributed by atoms with van der Waals surface area (Å²) in [5.74, 6) is 1.29. The Balaban J connectivity index is 1.79. The molecule has 5 nitrogen and oxygen atoms in total. The van der Waals surface area contributed by atoms with Crippen molar-refractivity contribution in [3.8, 4) is 5.75 Å². The first kappa shape index (κ1) is 22.1. The van der Waals surface area contributed by atoms with Crippen molar-refractivity contribution >= 4 is 34.6 Å². The summed E-state index contributed by atoms with van der Waals surface area (Å²) in [6.45, 7) is 6.10. The Kier molecular flexibility index (Phi) is 8.11. The van der Waals surface area contributed by atoms with Crippen LogP contribution < -0.4 is 4.74 Å². The predicted octanol–water partition coefficient (Wildman–Crippen LogP) is 5.36. The van der Waals surface area contributed by atoms with Crippen molar-refractivity contribution in [3.05, 3.63) is 65.1 Å². The van der Waals surface area contributed by atoms with Crippen molar-refractivity contribution in [2.45, 2.75) is 20.3 Å². The molecule has 0 spiro atoms. The molecule has 1 amide bonds. The number of thioether (sulfide) groups is 1. The zero-order valence-electron chi connectivity index (χ0n) is 17.7. The monoisotopic (exact) mass is 424 g/mol. The number of rotatable bonds is 9. The minimum atomic E-state index is -0.0223. The Morgan fingerprint density at radius 1 is 1.10 bits per heavy atom. The predicted molar refractivity (Wildman–Crippen MR) is 124 cm³/mol. The van der Waals surface area contributed by atoms with E-state index in [2.05, 4.69) is 13.8 Å². The average Bonchev–Trinajstić information content (AvgIpc) is 3.03. The normalized spacial score (nSPS) is 16.8. The van der Waals surface area contributed by atoms with Crippen molar-refractivity contribution < 1.29 is 14.3 Å². The summed E-state index contributed by atoms with van der Waals surface area (Å²) in [4.78, 5) is 20.1. The lowest BCUT2D eigenvalue weighted by molar-refractivity contribution is -0.122. The maximum atomic E-state index is 13.0. The van der Waals surface area contributed by atoms with E-state index in [9.17, 15) is 4.79 Å². The number of carbonyl (C=O) groups is 1. The van der Waals surface area contributed by atoms with E-state index in [0.717, 1.165) is 23.4 Å². The van der Waals surface area contributed by atoms with Crippen LogP contribution in [0, 0.1) is 5.92 Å². The Morgan fingerprint density at radius 2 is 1.83 bits per heavy atom. The molecule has 0 bridgehead atoms. The number of hydrogen-bond acceptors (Lipinski definition) is 5. The van der Waals surface area contributed by atoms with Gasteiger partial charge in [0.1, 0.15) is 5.75 Å². The minimum absolute atomic E-state index is 0.0223. The van der Waals surface area contributed by atoms with Gasteiger partial charge in [0.25, 0.3) is 5.91 Å². The number of carbonyl (C=O) groups excluding carboxylic acids is 1. The van der Waals surface area contributed by atoms with E-state index in [0.29, 0.717) is 35.7 Å². The Labute approximate surface area is 182 Å². The molecule has 0 unspecified atom stereocenters. The van der Waals surface area contributed by atoms with Gasteiger partial charge < -0.3 is 9.47 Å². The molecule has 2 aromatic rings. The van der Waals surface area contributed by atoms with Crippen LogP contribution in [0.3, 0.4) is 0 Å². The molecule has 3 rings (SSSR count). The summed E-state index contributed by atoms with van der Waals surface area (Å²) in [6.07, 6.45) is 2.67. The number of para-hydroxylation sites is 1. The van der Waals surface area contributed by atoms with Crippen LogP contribution in [-0.4, -0.2) is 42.8 Å². The third-order valence-electron chi connectivity index (χ3n) is 4.36. The highest BCUT2D eigenvalue weighted by Gasteiger charge is 2.33. The van der Waals surface area contributed by atoms with E-state index in [1.54, 1.807) is 12.0 Å². The molecular weight excluding hydrogens is 396 g/mol. The van der Waals surface area contributed by atoms with Gasteiger partial charge in [0.2, 0.25) is 0 Å². The smallest absolute Gasteiger partial charge is 0.266 e. The first-order chi connectivity index (χ1) is 14.6. The molecule has 1 aliphatic heterocycles. The zero-order chi connectivity index (χ0) is 21.3. The lowest BCUT2D eigenvalue weighted by Gasteiger charge is -2.15. The molecule has 0 aliphatic carbocycles. The number of amidine groups is 1. The molecule has 0 aromatic heterocycles. The van der Waals surface area contributed by atoms with Gasteiger partial charge in [-0.15, -0.1) is 0 Å². The fourth-order valence-electron chi connectivity index (χ4n) is 2.84. The number of methoxy groups -OCH3 is 1. The van der Waals surface area contributed by atoms with Gasteiger partial charge in [-0.3, -0.25) is 9.69 Å². The first-order valence-corrected chi connectivity index (χ1v) is 11.0. The average molecular weight is 425 g/mol. The Morgan fingerprint density at radius 3 is 2.50 bits per heavy atom. The van der Waals surface area contributed by atoms with Gasteiger partial charge in [0.05, 0.1) is 17.2 Å². The lowest BCUT2D eigenvalue weighted by Crippen LogP contribution is -2.30. The topological polar surface area (TPSA) is 51.1 Å². The summed E-state index contributed by atoms with van der Waals surface area (Å²) >= 11 is 1.41. The molecule has 1 saturated heterocycles. The largest absolute Gasteiger partial charge is 0.493 e. The molecule has 6 heteroatoms. The van der Waals surface area contributed by atoms with Crippen LogP contribution in [0.5, 0.6) is 5.75 Å². The number of hydrogen-bond donors (Lipinski definition) is 0. The third-order valence-corrected chi connectivity index (χ3v) is 5.37. The van der Waals surface area contributed by atoms with Gasteiger partial charge in [0, 0.05) is 20.3 Å². The molecule has 1 aliphatic rings. The molecule has 0 saturated carbocycles. The van der Waals surface area contributed by atoms with E-state index in [-0.39, 0.29) is 5.91 Å². The first-order valence-electron chi connectivity index (χ1n) is 10.1. The van der Waals surface area contributed by atoms with E-state index >= 15 is 0 Å². The van der Waals surface area contributed by atoms with E-state index in [4.69, 9.17) is 14.5 Å². The number of aliphatic imine (C=N–C) groups is 1. The molecule has 0 radical (unpaired) electrons. The van der Waals surface area contributed by atoms with Crippen LogP contribution in [-0.2, 0) is 9.53 Å². The molecule has 30 heavy (non-hydrogen) atoms. The van der Waals surface area contributed by atoms with E-state index in [1.165, 1.54) is 11.8 Å². The number of ether oxygens (including phenoxy) is 2. The second kappa shape index (κ2) is 11.0. The van der Waals surface area contributed by atoms with Crippen LogP contribution in [0.25, 0.3) is 6.08 Å². The summed E-state index contributed by atoms with van der Waals surface area (Å²) < 4.78 is 10.9. The molecule has 158 valence electrons. The highest BCUT2D eigenvalue weighted by atomic mass is 32.2. The summed E-state index contributed by atoms with van der Waals surface area (Å²) in [5.41, 5.74) is 1.79.